The highest BCUT2D eigenvalue weighted by atomic mass is 35.5. The molecule has 1 atom stereocenters. The highest BCUT2D eigenvalue weighted by Crippen LogP contribution is 2.23. The number of nitrogens with zero attached hydrogens (tertiary/aromatic N) is 3. The van der Waals surface area contributed by atoms with Gasteiger partial charge in [-0.05, 0) is 43.7 Å². The zero-order valence-corrected chi connectivity index (χ0v) is 17.0. The van der Waals surface area contributed by atoms with E-state index < -0.39 is 0 Å². The van der Waals surface area contributed by atoms with E-state index in [1.807, 2.05) is 18.5 Å². The minimum absolute atomic E-state index is 0.170. The summed E-state index contributed by atoms with van der Waals surface area (Å²) in [5, 5.41) is 12.9. The van der Waals surface area contributed by atoms with Crippen LogP contribution in [0.4, 0.5) is 0 Å². The minimum atomic E-state index is -0.264. The molecule has 0 aliphatic rings. The zero-order valence-electron chi connectivity index (χ0n) is 15.4. The molecular weight excluding hydrogens is 380 g/mol. The van der Waals surface area contributed by atoms with E-state index in [2.05, 4.69) is 46.7 Å². The maximum atomic E-state index is 12.4. The maximum Gasteiger partial charge on any atom is 0.251 e. The second-order valence-corrected chi connectivity index (χ2v) is 7.76. The van der Waals surface area contributed by atoms with Gasteiger partial charge in [-0.3, -0.25) is 4.79 Å². The summed E-state index contributed by atoms with van der Waals surface area (Å²) in [4.78, 5) is 12.4. The number of aromatic nitrogens is 3. The molecule has 27 heavy (non-hydrogen) atoms. The Bertz CT molecular complexity index is 922. The number of hydrogen-bond acceptors (Lipinski definition) is 4. The lowest BCUT2D eigenvalue weighted by Crippen LogP contribution is -2.28. The summed E-state index contributed by atoms with van der Waals surface area (Å²) in [5.74, 6) is 1.36. The highest BCUT2D eigenvalue weighted by molar-refractivity contribution is 7.98. The molecule has 3 rings (SSSR count). The molecule has 0 saturated heterocycles. The van der Waals surface area contributed by atoms with Crippen LogP contribution in [0.25, 0.3) is 0 Å². The van der Waals surface area contributed by atoms with Gasteiger partial charge in [-0.2, -0.15) is 0 Å². The van der Waals surface area contributed by atoms with Crippen LogP contribution >= 0.6 is 23.4 Å². The van der Waals surface area contributed by atoms with Crippen LogP contribution in [0.1, 0.15) is 40.3 Å². The van der Waals surface area contributed by atoms with E-state index >= 15 is 0 Å². The third kappa shape index (κ3) is 4.90. The Labute approximate surface area is 168 Å². The quantitative estimate of drug-likeness (QED) is 0.616. The summed E-state index contributed by atoms with van der Waals surface area (Å²) in [7, 11) is 1.91. The first-order chi connectivity index (χ1) is 12.9. The molecule has 3 aromatic rings. The van der Waals surface area contributed by atoms with E-state index in [9.17, 15) is 4.79 Å². The predicted molar refractivity (Wildman–Crippen MR) is 109 cm³/mol. The number of halogens is 1. The molecule has 140 valence electrons. The smallest absolute Gasteiger partial charge is 0.251 e. The van der Waals surface area contributed by atoms with Crippen molar-refractivity contribution >= 4 is 29.3 Å². The van der Waals surface area contributed by atoms with Crippen LogP contribution in [0.5, 0.6) is 0 Å². The van der Waals surface area contributed by atoms with Crippen molar-refractivity contribution in [2.45, 2.75) is 30.8 Å². The first kappa shape index (κ1) is 19.5. The Balaban J connectivity index is 1.64. The van der Waals surface area contributed by atoms with E-state index in [0.29, 0.717) is 16.4 Å². The minimum Gasteiger partial charge on any atom is -0.342 e. The summed E-state index contributed by atoms with van der Waals surface area (Å²) in [5.41, 5.74) is 3.04. The molecule has 1 unspecified atom stereocenters. The van der Waals surface area contributed by atoms with Gasteiger partial charge in [0, 0.05) is 23.4 Å². The Morgan fingerprint density at radius 2 is 1.81 bits per heavy atom. The van der Waals surface area contributed by atoms with Gasteiger partial charge in [0.25, 0.3) is 5.91 Å². The highest BCUT2D eigenvalue weighted by Gasteiger charge is 2.18. The largest absolute Gasteiger partial charge is 0.342 e. The van der Waals surface area contributed by atoms with Crippen LogP contribution in [0.2, 0.25) is 5.02 Å². The van der Waals surface area contributed by atoms with Gasteiger partial charge in [0.1, 0.15) is 0 Å². The number of thioether (sulfide) groups is 1. The van der Waals surface area contributed by atoms with Crippen LogP contribution < -0.4 is 5.32 Å². The van der Waals surface area contributed by atoms with Gasteiger partial charge in [-0.15, -0.1) is 10.2 Å². The lowest BCUT2D eigenvalue weighted by Gasteiger charge is -2.13. The van der Waals surface area contributed by atoms with Gasteiger partial charge in [0.2, 0.25) is 0 Å². The molecule has 0 aliphatic heterocycles. The summed E-state index contributed by atoms with van der Waals surface area (Å²) in [6, 6.07) is 15.0. The van der Waals surface area contributed by atoms with Gasteiger partial charge in [0.05, 0.1) is 6.04 Å². The Hall–Kier alpha value is -2.31. The van der Waals surface area contributed by atoms with Gasteiger partial charge in [-0.1, -0.05) is 53.2 Å². The second kappa shape index (κ2) is 8.59. The Kier molecular flexibility index (Phi) is 6.19. The number of carbonyl (C=O) groups excluding carboxylic acids is 1. The van der Waals surface area contributed by atoms with Crippen LogP contribution in [0.15, 0.2) is 53.7 Å². The van der Waals surface area contributed by atoms with Crippen molar-refractivity contribution in [1.82, 2.24) is 20.1 Å². The number of amides is 1. The molecule has 7 heteroatoms. The van der Waals surface area contributed by atoms with Crippen LogP contribution in [0, 0.1) is 6.92 Å². The molecule has 1 heterocycles. The second-order valence-electron chi connectivity index (χ2n) is 6.38. The third-order valence-electron chi connectivity index (χ3n) is 4.20. The number of aryl methyl sites for hydroxylation is 1. The first-order valence-corrected chi connectivity index (χ1v) is 9.94. The molecule has 0 radical (unpaired) electrons. The van der Waals surface area contributed by atoms with E-state index in [1.54, 1.807) is 36.0 Å². The number of nitrogens with one attached hydrogen (secondary N) is 1. The molecular formula is C20H21ClN4OS. The van der Waals surface area contributed by atoms with Crippen molar-refractivity contribution in [3.8, 4) is 0 Å². The lowest BCUT2D eigenvalue weighted by molar-refractivity contribution is 0.0937. The lowest BCUT2D eigenvalue weighted by atomic mass is 10.2. The van der Waals surface area contributed by atoms with Crippen LogP contribution in [-0.4, -0.2) is 20.7 Å². The molecule has 1 amide bonds. The Morgan fingerprint density at radius 3 is 2.48 bits per heavy atom. The summed E-state index contributed by atoms with van der Waals surface area (Å²) in [6.07, 6.45) is 0. The average molecular weight is 401 g/mol. The molecule has 0 aliphatic carbocycles. The SMILES string of the molecule is Cc1ccc(CSc2nnc(C(C)NC(=O)c3ccc(Cl)cc3)n2C)cc1. The molecule has 1 N–H and O–H groups in total. The molecule has 1 aromatic heterocycles. The molecule has 0 bridgehead atoms. The van der Waals surface area contributed by atoms with Crippen molar-refractivity contribution in [2.75, 3.05) is 0 Å². The number of benzene rings is 2. The molecule has 2 aromatic carbocycles. The first-order valence-electron chi connectivity index (χ1n) is 8.58. The number of rotatable bonds is 6. The summed E-state index contributed by atoms with van der Waals surface area (Å²) in [6.45, 7) is 3.97. The van der Waals surface area contributed by atoms with Crippen molar-refractivity contribution in [1.29, 1.82) is 0 Å². The van der Waals surface area contributed by atoms with Crippen molar-refractivity contribution in [3.05, 3.63) is 76.1 Å². The maximum absolute atomic E-state index is 12.4. The van der Waals surface area contributed by atoms with Crippen molar-refractivity contribution in [2.24, 2.45) is 7.05 Å². The van der Waals surface area contributed by atoms with Gasteiger partial charge < -0.3 is 9.88 Å². The standard InChI is InChI=1S/C20H21ClN4OS/c1-13-4-6-15(7-5-13)12-27-20-24-23-18(25(20)3)14(2)22-19(26)16-8-10-17(21)11-9-16/h4-11,14H,12H2,1-3H3,(H,22,26). The molecule has 0 saturated carbocycles. The van der Waals surface area contributed by atoms with Crippen LogP contribution in [-0.2, 0) is 12.8 Å². The summed E-state index contributed by atoms with van der Waals surface area (Å²) >= 11 is 7.49. The fourth-order valence-corrected chi connectivity index (χ4v) is 3.61. The predicted octanol–water partition coefficient (Wildman–Crippen LogP) is 4.56. The molecule has 0 spiro atoms. The van der Waals surface area contributed by atoms with E-state index in [1.165, 1.54) is 11.1 Å². The van der Waals surface area contributed by atoms with Crippen molar-refractivity contribution < 1.29 is 4.79 Å². The topological polar surface area (TPSA) is 59.8 Å². The van der Waals surface area contributed by atoms with E-state index in [-0.39, 0.29) is 11.9 Å². The fourth-order valence-electron chi connectivity index (χ4n) is 2.61. The molecule has 5 nitrogen and oxygen atoms in total. The van der Waals surface area contributed by atoms with Gasteiger partial charge in [-0.25, -0.2) is 0 Å². The normalized spacial score (nSPS) is 12.0. The van der Waals surface area contributed by atoms with Gasteiger partial charge >= 0.3 is 0 Å². The third-order valence-corrected chi connectivity index (χ3v) is 5.54. The van der Waals surface area contributed by atoms with E-state index in [0.717, 1.165) is 10.9 Å². The number of carbonyl (C=O) groups is 1. The zero-order chi connectivity index (χ0) is 19.4. The van der Waals surface area contributed by atoms with Crippen LogP contribution in [0.3, 0.4) is 0 Å². The molecule has 0 fully saturated rings. The average Bonchev–Trinajstić information content (AvgIpc) is 3.02. The number of hydrogen-bond donors (Lipinski definition) is 1. The van der Waals surface area contributed by atoms with E-state index in [4.69, 9.17) is 11.6 Å². The Morgan fingerprint density at radius 1 is 1.15 bits per heavy atom. The monoisotopic (exact) mass is 400 g/mol. The van der Waals surface area contributed by atoms with Crippen molar-refractivity contribution in [3.63, 3.8) is 0 Å². The summed E-state index contributed by atoms with van der Waals surface area (Å²) < 4.78 is 1.92. The van der Waals surface area contributed by atoms with Gasteiger partial charge in [0.15, 0.2) is 11.0 Å². The fraction of sp³-hybridized carbons (Fsp3) is 0.250.